The fraction of sp³-hybridized carbons (Fsp3) is 0.455. The van der Waals surface area contributed by atoms with Crippen molar-refractivity contribution in [1.82, 2.24) is 5.43 Å². The van der Waals surface area contributed by atoms with Gasteiger partial charge < -0.3 is 0 Å². The zero-order valence-corrected chi connectivity index (χ0v) is 8.33. The summed E-state index contributed by atoms with van der Waals surface area (Å²) in [7, 11) is 0. The molecule has 72 valence electrons. The third kappa shape index (κ3) is 3.17. The van der Waals surface area contributed by atoms with Gasteiger partial charge in [0.25, 0.3) is 0 Å². The highest BCUT2D eigenvalue weighted by Crippen LogP contribution is 2.08. The van der Waals surface area contributed by atoms with Crippen LogP contribution >= 0.6 is 0 Å². The molecule has 2 heteroatoms. The molecule has 3 N–H and O–H groups in total. The lowest BCUT2D eigenvalue weighted by atomic mass is 9.97. The second-order valence-electron chi connectivity index (χ2n) is 3.71. The van der Waals surface area contributed by atoms with Crippen LogP contribution < -0.4 is 11.3 Å². The molecule has 0 unspecified atom stereocenters. The molecule has 1 atom stereocenters. The van der Waals surface area contributed by atoms with Crippen LogP contribution in [0.15, 0.2) is 30.3 Å². The van der Waals surface area contributed by atoms with Gasteiger partial charge in [-0.15, -0.1) is 0 Å². The summed E-state index contributed by atoms with van der Waals surface area (Å²) in [6.45, 7) is 4.35. The SMILES string of the molecule is CC(C)[C@H](Cc1ccccc1)NN. The number of hydrogen-bond donors (Lipinski definition) is 2. The van der Waals surface area contributed by atoms with Gasteiger partial charge in [0.05, 0.1) is 0 Å². The van der Waals surface area contributed by atoms with E-state index in [-0.39, 0.29) is 0 Å². The van der Waals surface area contributed by atoms with Crippen molar-refractivity contribution in [2.24, 2.45) is 11.8 Å². The molecule has 1 aromatic rings. The number of nitrogens with two attached hydrogens (primary N) is 1. The minimum Gasteiger partial charge on any atom is -0.271 e. The smallest absolute Gasteiger partial charge is 0.0273 e. The fourth-order valence-corrected chi connectivity index (χ4v) is 1.36. The zero-order valence-electron chi connectivity index (χ0n) is 8.33. The molecular weight excluding hydrogens is 160 g/mol. The third-order valence-electron chi connectivity index (χ3n) is 2.32. The van der Waals surface area contributed by atoms with Crippen molar-refractivity contribution in [3.63, 3.8) is 0 Å². The normalized spacial score (nSPS) is 13.2. The van der Waals surface area contributed by atoms with Gasteiger partial charge in [-0.3, -0.25) is 11.3 Å². The second-order valence-corrected chi connectivity index (χ2v) is 3.71. The maximum atomic E-state index is 5.47. The van der Waals surface area contributed by atoms with Crippen molar-refractivity contribution in [1.29, 1.82) is 0 Å². The molecule has 0 bridgehead atoms. The van der Waals surface area contributed by atoms with Crippen LogP contribution in [0.25, 0.3) is 0 Å². The second kappa shape index (κ2) is 5.00. The van der Waals surface area contributed by atoms with E-state index in [1.807, 2.05) is 6.07 Å². The average molecular weight is 178 g/mol. The Kier molecular flexibility index (Phi) is 3.93. The first kappa shape index (κ1) is 10.2. The lowest BCUT2D eigenvalue weighted by Gasteiger charge is -2.19. The standard InChI is InChI=1S/C11H18N2/c1-9(2)11(13-12)8-10-6-4-3-5-7-10/h3-7,9,11,13H,8,12H2,1-2H3/t11-/m0/s1. The number of rotatable bonds is 4. The third-order valence-corrected chi connectivity index (χ3v) is 2.32. The van der Waals surface area contributed by atoms with Gasteiger partial charge in [0.2, 0.25) is 0 Å². The van der Waals surface area contributed by atoms with E-state index in [9.17, 15) is 0 Å². The van der Waals surface area contributed by atoms with E-state index >= 15 is 0 Å². The van der Waals surface area contributed by atoms with E-state index < -0.39 is 0 Å². The lowest BCUT2D eigenvalue weighted by molar-refractivity contribution is 0.404. The molecule has 0 saturated heterocycles. The minimum atomic E-state index is 0.363. The highest BCUT2D eigenvalue weighted by molar-refractivity contribution is 5.15. The van der Waals surface area contributed by atoms with Gasteiger partial charge >= 0.3 is 0 Å². The van der Waals surface area contributed by atoms with Crippen molar-refractivity contribution < 1.29 is 0 Å². The summed E-state index contributed by atoms with van der Waals surface area (Å²) in [6, 6.07) is 10.8. The zero-order chi connectivity index (χ0) is 9.68. The van der Waals surface area contributed by atoms with E-state index in [2.05, 4.69) is 43.5 Å². The van der Waals surface area contributed by atoms with Crippen LogP contribution in [-0.4, -0.2) is 6.04 Å². The maximum Gasteiger partial charge on any atom is 0.0273 e. The fourth-order valence-electron chi connectivity index (χ4n) is 1.36. The molecule has 0 aliphatic rings. The Bertz CT molecular complexity index is 231. The molecule has 0 fully saturated rings. The van der Waals surface area contributed by atoms with E-state index in [1.165, 1.54) is 5.56 Å². The first-order valence-corrected chi connectivity index (χ1v) is 4.74. The van der Waals surface area contributed by atoms with Gasteiger partial charge in [0, 0.05) is 6.04 Å². The maximum absolute atomic E-state index is 5.47. The van der Waals surface area contributed by atoms with Crippen LogP contribution in [0.5, 0.6) is 0 Å². The van der Waals surface area contributed by atoms with Crippen LogP contribution in [0.1, 0.15) is 19.4 Å². The lowest BCUT2D eigenvalue weighted by Crippen LogP contribution is -2.40. The summed E-state index contributed by atoms with van der Waals surface area (Å²) in [4.78, 5) is 0. The van der Waals surface area contributed by atoms with Gasteiger partial charge in [-0.05, 0) is 17.9 Å². The Hall–Kier alpha value is -0.860. The predicted octanol–water partition coefficient (Wildman–Crippen LogP) is 1.72. The Morgan fingerprint density at radius 1 is 1.23 bits per heavy atom. The molecule has 0 spiro atoms. The van der Waals surface area contributed by atoms with Gasteiger partial charge in [-0.2, -0.15) is 0 Å². The summed E-state index contributed by atoms with van der Waals surface area (Å²) < 4.78 is 0. The summed E-state index contributed by atoms with van der Waals surface area (Å²) in [5.74, 6) is 6.03. The number of hydrazine groups is 1. The van der Waals surface area contributed by atoms with E-state index in [4.69, 9.17) is 5.84 Å². The topological polar surface area (TPSA) is 38.0 Å². The molecule has 0 saturated carbocycles. The summed E-state index contributed by atoms with van der Waals surface area (Å²) in [5, 5.41) is 0. The van der Waals surface area contributed by atoms with E-state index in [0.717, 1.165) is 6.42 Å². The Labute approximate surface area is 80.1 Å². The van der Waals surface area contributed by atoms with E-state index in [0.29, 0.717) is 12.0 Å². The molecule has 13 heavy (non-hydrogen) atoms. The Balaban J connectivity index is 2.57. The van der Waals surface area contributed by atoms with Crippen molar-refractivity contribution >= 4 is 0 Å². The van der Waals surface area contributed by atoms with Crippen LogP contribution in [0, 0.1) is 5.92 Å². The first-order valence-electron chi connectivity index (χ1n) is 4.74. The molecule has 1 rings (SSSR count). The van der Waals surface area contributed by atoms with Crippen LogP contribution in [0.3, 0.4) is 0 Å². The number of nitrogens with one attached hydrogen (secondary N) is 1. The van der Waals surface area contributed by atoms with Gasteiger partial charge in [-0.1, -0.05) is 44.2 Å². The van der Waals surface area contributed by atoms with Gasteiger partial charge in [0.15, 0.2) is 0 Å². The molecule has 0 radical (unpaired) electrons. The molecule has 0 aliphatic heterocycles. The summed E-state index contributed by atoms with van der Waals surface area (Å²) >= 11 is 0. The van der Waals surface area contributed by atoms with E-state index in [1.54, 1.807) is 0 Å². The number of hydrogen-bond acceptors (Lipinski definition) is 2. The molecule has 0 aliphatic carbocycles. The summed E-state index contributed by atoms with van der Waals surface area (Å²) in [6.07, 6.45) is 0.995. The van der Waals surface area contributed by atoms with Crippen LogP contribution in [0.4, 0.5) is 0 Å². The van der Waals surface area contributed by atoms with Crippen LogP contribution in [0.2, 0.25) is 0 Å². The summed E-state index contributed by atoms with van der Waals surface area (Å²) in [5.41, 5.74) is 4.18. The molecule has 0 heterocycles. The first-order chi connectivity index (χ1) is 6.24. The van der Waals surface area contributed by atoms with Crippen molar-refractivity contribution in [2.45, 2.75) is 26.3 Å². The quantitative estimate of drug-likeness (QED) is 0.544. The predicted molar refractivity (Wildman–Crippen MR) is 56.1 cm³/mol. The highest BCUT2D eigenvalue weighted by Gasteiger charge is 2.11. The molecular formula is C11H18N2. The number of benzene rings is 1. The largest absolute Gasteiger partial charge is 0.271 e. The molecule has 2 nitrogen and oxygen atoms in total. The van der Waals surface area contributed by atoms with Gasteiger partial charge in [-0.25, -0.2) is 0 Å². The molecule has 0 amide bonds. The molecule has 1 aromatic carbocycles. The van der Waals surface area contributed by atoms with Gasteiger partial charge in [0.1, 0.15) is 0 Å². The van der Waals surface area contributed by atoms with Crippen molar-refractivity contribution in [3.8, 4) is 0 Å². The monoisotopic (exact) mass is 178 g/mol. The molecule has 0 aromatic heterocycles. The highest BCUT2D eigenvalue weighted by atomic mass is 15.2. The minimum absolute atomic E-state index is 0.363. The Morgan fingerprint density at radius 3 is 2.31 bits per heavy atom. The van der Waals surface area contributed by atoms with Crippen molar-refractivity contribution in [3.05, 3.63) is 35.9 Å². The van der Waals surface area contributed by atoms with Crippen LogP contribution in [-0.2, 0) is 6.42 Å². The van der Waals surface area contributed by atoms with Crippen molar-refractivity contribution in [2.75, 3.05) is 0 Å². The average Bonchev–Trinajstić information content (AvgIpc) is 2.15. The Morgan fingerprint density at radius 2 is 1.85 bits per heavy atom.